The fourth-order valence-electron chi connectivity index (χ4n) is 2.12. The average molecular weight is 359 g/mol. The standard InChI is InChI=1S/C12H9Br2NO2/c13-6-3-7-11(9(14)4-6)15-10-1-2-17-5-8(10)12(7)16/h3-4H,1-2,5H2,(H,15,16). The number of aromatic nitrogens is 1. The predicted octanol–water partition coefficient (Wildman–Crippen LogP) is 3.13. The van der Waals surface area contributed by atoms with Crippen LogP contribution in [-0.4, -0.2) is 11.6 Å². The topological polar surface area (TPSA) is 42.1 Å². The van der Waals surface area contributed by atoms with Gasteiger partial charge in [-0.3, -0.25) is 4.79 Å². The first-order valence-electron chi connectivity index (χ1n) is 5.27. The Kier molecular flexibility index (Phi) is 2.84. The number of aromatic amines is 1. The van der Waals surface area contributed by atoms with Gasteiger partial charge in [-0.15, -0.1) is 0 Å². The summed E-state index contributed by atoms with van der Waals surface area (Å²) in [6.45, 7) is 1.08. The minimum Gasteiger partial charge on any atom is -0.376 e. The average Bonchev–Trinajstić information content (AvgIpc) is 2.31. The van der Waals surface area contributed by atoms with Crippen LogP contribution in [0.2, 0.25) is 0 Å². The third kappa shape index (κ3) is 1.86. The monoisotopic (exact) mass is 357 g/mol. The van der Waals surface area contributed by atoms with Crippen molar-refractivity contribution in [3.63, 3.8) is 0 Å². The molecule has 5 heteroatoms. The van der Waals surface area contributed by atoms with Gasteiger partial charge in [0.25, 0.3) is 0 Å². The Bertz CT molecular complexity index is 664. The molecule has 0 unspecified atom stereocenters. The second kappa shape index (κ2) is 4.23. The molecule has 1 aliphatic rings. The molecule has 0 spiro atoms. The molecular formula is C12H9Br2NO2. The van der Waals surface area contributed by atoms with Crippen molar-refractivity contribution in [3.05, 3.63) is 42.6 Å². The van der Waals surface area contributed by atoms with Crippen molar-refractivity contribution in [2.45, 2.75) is 13.0 Å². The molecule has 2 heterocycles. The van der Waals surface area contributed by atoms with Crippen LogP contribution >= 0.6 is 31.9 Å². The maximum atomic E-state index is 12.3. The van der Waals surface area contributed by atoms with Gasteiger partial charge < -0.3 is 9.72 Å². The minimum absolute atomic E-state index is 0.0652. The molecule has 0 bridgehead atoms. The highest BCUT2D eigenvalue weighted by molar-refractivity contribution is 9.11. The largest absolute Gasteiger partial charge is 0.376 e. The summed E-state index contributed by atoms with van der Waals surface area (Å²) >= 11 is 6.88. The molecule has 3 nitrogen and oxygen atoms in total. The van der Waals surface area contributed by atoms with Gasteiger partial charge >= 0.3 is 0 Å². The van der Waals surface area contributed by atoms with Crippen LogP contribution in [0, 0.1) is 0 Å². The maximum Gasteiger partial charge on any atom is 0.195 e. The van der Waals surface area contributed by atoms with Gasteiger partial charge in [0.1, 0.15) is 0 Å². The summed E-state index contributed by atoms with van der Waals surface area (Å²) in [7, 11) is 0. The third-order valence-electron chi connectivity index (χ3n) is 2.96. The van der Waals surface area contributed by atoms with E-state index in [4.69, 9.17) is 4.74 Å². The van der Waals surface area contributed by atoms with Crippen LogP contribution in [0.5, 0.6) is 0 Å². The Morgan fingerprint density at radius 3 is 2.94 bits per heavy atom. The Hall–Kier alpha value is -0.650. The summed E-state index contributed by atoms with van der Waals surface area (Å²) in [6.07, 6.45) is 0.767. The number of halogens is 2. The first-order valence-corrected chi connectivity index (χ1v) is 6.86. The van der Waals surface area contributed by atoms with Crippen LogP contribution in [0.15, 0.2) is 25.9 Å². The van der Waals surface area contributed by atoms with Gasteiger partial charge in [-0.1, -0.05) is 15.9 Å². The smallest absolute Gasteiger partial charge is 0.195 e. The molecule has 1 aromatic heterocycles. The van der Waals surface area contributed by atoms with E-state index in [1.54, 1.807) is 0 Å². The number of hydrogen-bond acceptors (Lipinski definition) is 2. The normalized spacial score (nSPS) is 14.9. The van der Waals surface area contributed by atoms with Gasteiger partial charge in [0.2, 0.25) is 0 Å². The maximum absolute atomic E-state index is 12.3. The lowest BCUT2D eigenvalue weighted by atomic mass is 10.1. The van der Waals surface area contributed by atoms with Crippen molar-refractivity contribution in [2.24, 2.45) is 0 Å². The molecule has 0 atom stereocenters. The molecule has 0 fully saturated rings. The van der Waals surface area contributed by atoms with Crippen LogP contribution in [0.4, 0.5) is 0 Å². The summed E-state index contributed by atoms with van der Waals surface area (Å²) in [4.78, 5) is 15.7. The van der Waals surface area contributed by atoms with Crippen LogP contribution in [0.25, 0.3) is 10.9 Å². The van der Waals surface area contributed by atoms with Crippen molar-refractivity contribution in [1.29, 1.82) is 0 Å². The van der Waals surface area contributed by atoms with Gasteiger partial charge in [-0.05, 0) is 28.1 Å². The number of H-pyrrole nitrogens is 1. The highest BCUT2D eigenvalue weighted by atomic mass is 79.9. The van der Waals surface area contributed by atoms with Crippen molar-refractivity contribution < 1.29 is 4.74 Å². The number of rotatable bonds is 0. The zero-order valence-electron chi connectivity index (χ0n) is 8.85. The van der Waals surface area contributed by atoms with E-state index < -0.39 is 0 Å². The van der Waals surface area contributed by atoms with Gasteiger partial charge in [0.05, 0.1) is 18.7 Å². The molecular weight excluding hydrogens is 350 g/mol. The van der Waals surface area contributed by atoms with Gasteiger partial charge in [-0.2, -0.15) is 0 Å². The van der Waals surface area contributed by atoms with E-state index in [0.717, 1.165) is 32.1 Å². The SMILES string of the molecule is O=c1c2c([nH]c3c(Br)cc(Br)cc13)CCOC2. The molecule has 1 N–H and O–H groups in total. The highest BCUT2D eigenvalue weighted by Crippen LogP contribution is 2.27. The third-order valence-corrected chi connectivity index (χ3v) is 4.04. The van der Waals surface area contributed by atoms with Crippen molar-refractivity contribution >= 4 is 42.8 Å². The van der Waals surface area contributed by atoms with Crippen LogP contribution in [0.1, 0.15) is 11.3 Å². The number of nitrogens with one attached hydrogen (secondary N) is 1. The molecule has 0 amide bonds. The minimum atomic E-state index is 0.0652. The summed E-state index contributed by atoms with van der Waals surface area (Å²) in [5.74, 6) is 0. The Morgan fingerprint density at radius 2 is 2.12 bits per heavy atom. The molecule has 1 aliphatic heterocycles. The molecule has 0 saturated heterocycles. The van der Waals surface area contributed by atoms with Crippen molar-refractivity contribution in [2.75, 3.05) is 6.61 Å². The number of benzene rings is 1. The summed E-state index contributed by atoms with van der Waals surface area (Å²) in [6, 6.07) is 3.78. The molecule has 17 heavy (non-hydrogen) atoms. The second-order valence-electron chi connectivity index (χ2n) is 4.02. The number of ether oxygens (including phenoxy) is 1. The Balaban J connectivity index is 2.44. The molecule has 0 aliphatic carbocycles. The van der Waals surface area contributed by atoms with Crippen LogP contribution in [0.3, 0.4) is 0 Å². The van der Waals surface area contributed by atoms with E-state index in [9.17, 15) is 4.79 Å². The summed E-state index contributed by atoms with van der Waals surface area (Å²) in [5, 5.41) is 0.690. The molecule has 1 aromatic carbocycles. The second-order valence-corrected chi connectivity index (χ2v) is 5.79. The quantitative estimate of drug-likeness (QED) is 0.786. The van der Waals surface area contributed by atoms with E-state index in [0.29, 0.717) is 18.6 Å². The lowest BCUT2D eigenvalue weighted by molar-refractivity contribution is 0.109. The molecule has 2 aromatic rings. The van der Waals surface area contributed by atoms with Gasteiger partial charge in [-0.25, -0.2) is 0 Å². The first-order chi connectivity index (χ1) is 8.16. The van der Waals surface area contributed by atoms with E-state index >= 15 is 0 Å². The fourth-order valence-corrected chi connectivity index (χ4v) is 3.44. The first kappa shape index (κ1) is 11.4. The fraction of sp³-hybridized carbons (Fsp3) is 0.250. The zero-order valence-corrected chi connectivity index (χ0v) is 12.0. The van der Waals surface area contributed by atoms with Crippen LogP contribution in [-0.2, 0) is 17.8 Å². The van der Waals surface area contributed by atoms with E-state index in [2.05, 4.69) is 36.8 Å². The number of fused-ring (bicyclic) bond motifs is 2. The van der Waals surface area contributed by atoms with E-state index in [1.165, 1.54) is 0 Å². The lowest BCUT2D eigenvalue weighted by Gasteiger charge is -2.17. The molecule has 3 rings (SSSR count). The number of pyridine rings is 1. The van der Waals surface area contributed by atoms with Gasteiger partial charge in [0.15, 0.2) is 5.43 Å². The Labute approximate surface area is 114 Å². The van der Waals surface area contributed by atoms with Crippen molar-refractivity contribution in [3.8, 4) is 0 Å². The predicted molar refractivity (Wildman–Crippen MR) is 73.3 cm³/mol. The van der Waals surface area contributed by atoms with Gasteiger partial charge in [0, 0.05) is 32.0 Å². The highest BCUT2D eigenvalue weighted by Gasteiger charge is 2.17. The molecule has 0 radical (unpaired) electrons. The Morgan fingerprint density at radius 1 is 1.29 bits per heavy atom. The summed E-state index contributed by atoms with van der Waals surface area (Å²) in [5.41, 5.74) is 2.68. The van der Waals surface area contributed by atoms with E-state index in [1.807, 2.05) is 12.1 Å². The zero-order chi connectivity index (χ0) is 12.0. The van der Waals surface area contributed by atoms with E-state index in [-0.39, 0.29) is 5.43 Å². The number of hydrogen-bond donors (Lipinski definition) is 1. The van der Waals surface area contributed by atoms with Crippen LogP contribution < -0.4 is 5.43 Å². The lowest BCUT2D eigenvalue weighted by Crippen LogP contribution is -2.21. The molecule has 0 saturated carbocycles. The molecule has 88 valence electrons. The van der Waals surface area contributed by atoms with Crippen molar-refractivity contribution in [1.82, 2.24) is 4.98 Å². The summed E-state index contributed by atoms with van der Waals surface area (Å²) < 4.78 is 7.13.